The minimum Gasteiger partial charge on any atom is -0.201 e. The molecular formula is C11H16ClNS. The van der Waals surface area contributed by atoms with Crippen molar-refractivity contribution in [2.75, 3.05) is 5.88 Å². The highest BCUT2D eigenvalue weighted by atomic mass is 35.5. The third-order valence-corrected chi connectivity index (χ3v) is 4.55. The van der Waals surface area contributed by atoms with Gasteiger partial charge in [-0.2, -0.15) is 0 Å². The fourth-order valence-corrected chi connectivity index (χ4v) is 3.47. The van der Waals surface area contributed by atoms with Gasteiger partial charge in [0.1, 0.15) is 0 Å². The van der Waals surface area contributed by atoms with E-state index in [-0.39, 0.29) is 0 Å². The zero-order valence-corrected chi connectivity index (χ0v) is 9.91. The molecule has 14 heavy (non-hydrogen) atoms. The van der Waals surface area contributed by atoms with Gasteiger partial charge in [0.25, 0.3) is 0 Å². The number of hydrogen-bond acceptors (Lipinski definition) is 2. The SMILES string of the molecule is ClCC1(Cc2ccns2)CCCCC1. The van der Waals surface area contributed by atoms with Crippen LogP contribution in [-0.4, -0.2) is 10.3 Å². The second-order valence-electron chi connectivity index (χ2n) is 4.35. The first-order chi connectivity index (χ1) is 6.85. The molecule has 0 N–H and O–H groups in total. The fourth-order valence-electron chi connectivity index (χ4n) is 2.36. The number of aromatic nitrogens is 1. The van der Waals surface area contributed by atoms with E-state index in [4.69, 9.17) is 11.6 Å². The van der Waals surface area contributed by atoms with Gasteiger partial charge in [-0.15, -0.1) is 11.6 Å². The Morgan fingerprint density at radius 3 is 2.71 bits per heavy atom. The largest absolute Gasteiger partial charge is 0.201 e. The van der Waals surface area contributed by atoms with Crippen molar-refractivity contribution < 1.29 is 0 Å². The molecule has 0 spiro atoms. The molecule has 1 saturated carbocycles. The molecule has 1 aromatic rings. The molecule has 0 radical (unpaired) electrons. The maximum atomic E-state index is 6.14. The Balaban J connectivity index is 2.04. The van der Waals surface area contributed by atoms with Crippen molar-refractivity contribution in [1.29, 1.82) is 0 Å². The summed E-state index contributed by atoms with van der Waals surface area (Å²) < 4.78 is 4.15. The van der Waals surface area contributed by atoms with E-state index in [9.17, 15) is 0 Å². The second kappa shape index (κ2) is 4.63. The van der Waals surface area contributed by atoms with E-state index in [1.807, 2.05) is 6.20 Å². The summed E-state index contributed by atoms with van der Waals surface area (Å²) in [6.07, 6.45) is 9.73. The summed E-state index contributed by atoms with van der Waals surface area (Å²) in [4.78, 5) is 1.40. The third kappa shape index (κ3) is 2.29. The second-order valence-corrected chi connectivity index (χ2v) is 5.53. The van der Waals surface area contributed by atoms with Crippen LogP contribution in [0.15, 0.2) is 12.3 Å². The Labute approximate surface area is 94.6 Å². The third-order valence-electron chi connectivity index (χ3n) is 3.24. The lowest BCUT2D eigenvalue weighted by molar-refractivity contribution is 0.221. The number of nitrogens with zero attached hydrogens (tertiary/aromatic N) is 1. The van der Waals surface area contributed by atoms with Gasteiger partial charge in [-0.1, -0.05) is 19.3 Å². The molecule has 0 atom stereocenters. The molecule has 0 unspecified atom stereocenters. The summed E-state index contributed by atoms with van der Waals surface area (Å²) in [5.41, 5.74) is 0.381. The zero-order chi connectivity index (χ0) is 9.86. The van der Waals surface area contributed by atoms with Crippen LogP contribution in [0.1, 0.15) is 37.0 Å². The van der Waals surface area contributed by atoms with Gasteiger partial charge < -0.3 is 0 Å². The molecule has 0 aliphatic heterocycles. The van der Waals surface area contributed by atoms with Gasteiger partial charge in [0.2, 0.25) is 0 Å². The minimum atomic E-state index is 0.381. The quantitative estimate of drug-likeness (QED) is 0.717. The molecule has 1 aliphatic carbocycles. The van der Waals surface area contributed by atoms with Crippen LogP contribution in [0.2, 0.25) is 0 Å². The van der Waals surface area contributed by atoms with Crippen LogP contribution >= 0.6 is 23.1 Å². The Hall–Kier alpha value is -0.0800. The van der Waals surface area contributed by atoms with Crippen molar-refractivity contribution in [1.82, 2.24) is 4.37 Å². The molecule has 1 heterocycles. The Kier molecular flexibility index (Phi) is 3.45. The van der Waals surface area contributed by atoms with Crippen LogP contribution in [0.5, 0.6) is 0 Å². The van der Waals surface area contributed by atoms with Crippen LogP contribution in [0, 0.1) is 5.41 Å². The molecule has 0 bridgehead atoms. The first-order valence-electron chi connectivity index (χ1n) is 5.30. The van der Waals surface area contributed by atoms with Gasteiger partial charge in [-0.3, -0.25) is 0 Å². The van der Waals surface area contributed by atoms with Gasteiger partial charge >= 0.3 is 0 Å². The van der Waals surface area contributed by atoms with E-state index in [1.54, 1.807) is 11.5 Å². The number of rotatable bonds is 3. The van der Waals surface area contributed by atoms with Crippen molar-refractivity contribution >= 4 is 23.1 Å². The van der Waals surface area contributed by atoms with Crippen LogP contribution in [-0.2, 0) is 6.42 Å². The summed E-state index contributed by atoms with van der Waals surface area (Å²) in [5, 5.41) is 0. The highest BCUT2D eigenvalue weighted by molar-refractivity contribution is 7.05. The predicted octanol–water partition coefficient (Wildman–Crippen LogP) is 3.87. The highest BCUT2D eigenvalue weighted by Gasteiger charge is 2.31. The topological polar surface area (TPSA) is 12.9 Å². The van der Waals surface area contributed by atoms with E-state index >= 15 is 0 Å². The molecule has 1 nitrogen and oxygen atoms in total. The van der Waals surface area contributed by atoms with Gasteiger partial charge in [0.05, 0.1) is 0 Å². The van der Waals surface area contributed by atoms with Gasteiger partial charge in [0, 0.05) is 17.0 Å². The molecule has 0 saturated heterocycles. The van der Waals surface area contributed by atoms with Crippen molar-refractivity contribution in [3.05, 3.63) is 17.1 Å². The molecule has 1 aromatic heterocycles. The number of alkyl halides is 1. The van der Waals surface area contributed by atoms with Crippen LogP contribution in [0.25, 0.3) is 0 Å². The van der Waals surface area contributed by atoms with Crippen LogP contribution in [0.3, 0.4) is 0 Å². The predicted molar refractivity (Wildman–Crippen MR) is 62.1 cm³/mol. The van der Waals surface area contributed by atoms with Crippen molar-refractivity contribution in [3.8, 4) is 0 Å². The van der Waals surface area contributed by atoms with Crippen molar-refractivity contribution in [2.45, 2.75) is 38.5 Å². The monoisotopic (exact) mass is 229 g/mol. The smallest absolute Gasteiger partial charge is 0.0409 e. The Morgan fingerprint density at radius 2 is 2.14 bits per heavy atom. The van der Waals surface area contributed by atoms with Gasteiger partial charge in [-0.25, -0.2) is 4.37 Å². The van der Waals surface area contributed by atoms with Crippen molar-refractivity contribution in [3.63, 3.8) is 0 Å². The maximum absolute atomic E-state index is 6.14. The summed E-state index contributed by atoms with van der Waals surface area (Å²) in [7, 11) is 0. The minimum absolute atomic E-state index is 0.381. The lowest BCUT2D eigenvalue weighted by Crippen LogP contribution is -2.28. The number of halogens is 1. The van der Waals surface area contributed by atoms with E-state index < -0.39 is 0 Å². The lowest BCUT2D eigenvalue weighted by Gasteiger charge is -2.35. The molecular weight excluding hydrogens is 214 g/mol. The summed E-state index contributed by atoms with van der Waals surface area (Å²) >= 11 is 7.76. The lowest BCUT2D eigenvalue weighted by atomic mass is 9.73. The molecule has 0 amide bonds. The zero-order valence-electron chi connectivity index (χ0n) is 8.34. The maximum Gasteiger partial charge on any atom is 0.0409 e. The summed E-state index contributed by atoms with van der Waals surface area (Å²) in [6.45, 7) is 0. The van der Waals surface area contributed by atoms with E-state index in [0.29, 0.717) is 5.41 Å². The normalized spacial score (nSPS) is 20.9. The van der Waals surface area contributed by atoms with Crippen molar-refractivity contribution in [2.24, 2.45) is 5.41 Å². The standard InChI is InChI=1S/C11H16ClNS/c12-9-11(5-2-1-3-6-11)8-10-4-7-13-14-10/h4,7H,1-3,5-6,8-9H2. The highest BCUT2D eigenvalue weighted by Crippen LogP contribution is 2.40. The molecule has 1 fully saturated rings. The van der Waals surface area contributed by atoms with Crippen LogP contribution in [0.4, 0.5) is 0 Å². The molecule has 0 aromatic carbocycles. The average molecular weight is 230 g/mol. The molecule has 1 aliphatic rings. The fraction of sp³-hybridized carbons (Fsp3) is 0.727. The van der Waals surface area contributed by atoms with Gasteiger partial charge in [-0.05, 0) is 42.3 Å². The Morgan fingerprint density at radius 1 is 1.36 bits per heavy atom. The van der Waals surface area contributed by atoms with Crippen LogP contribution < -0.4 is 0 Å². The first-order valence-corrected chi connectivity index (χ1v) is 6.61. The van der Waals surface area contributed by atoms with Gasteiger partial charge in [0.15, 0.2) is 0 Å². The first kappa shape index (κ1) is 10.4. The molecule has 78 valence electrons. The van der Waals surface area contributed by atoms with E-state index in [2.05, 4.69) is 10.4 Å². The molecule has 2 rings (SSSR count). The molecule has 3 heteroatoms. The van der Waals surface area contributed by atoms with E-state index in [0.717, 1.165) is 12.3 Å². The average Bonchev–Trinajstić information content (AvgIpc) is 2.72. The van der Waals surface area contributed by atoms with E-state index in [1.165, 1.54) is 37.0 Å². The number of hydrogen-bond donors (Lipinski definition) is 0. The summed E-state index contributed by atoms with van der Waals surface area (Å²) in [6, 6.07) is 2.13. The summed E-state index contributed by atoms with van der Waals surface area (Å²) in [5.74, 6) is 0.810. The Bertz CT molecular complexity index is 265.